The second-order valence-electron chi connectivity index (χ2n) is 4.97. The van der Waals surface area contributed by atoms with Crippen molar-refractivity contribution in [3.05, 3.63) is 0 Å². The molecule has 82 valence electrons. The second-order valence-corrected chi connectivity index (χ2v) is 4.97. The number of hydrogen-bond acceptors (Lipinski definition) is 2. The molecule has 1 aliphatic rings. The Bertz CT molecular complexity index is 209. The maximum Gasteiger partial charge on any atom is 0.303 e. The van der Waals surface area contributed by atoms with Crippen LogP contribution in [0.15, 0.2) is 0 Å². The maximum atomic E-state index is 10.4. The fourth-order valence-corrected chi connectivity index (χ4v) is 1.97. The van der Waals surface area contributed by atoms with E-state index in [4.69, 9.17) is 5.11 Å². The molecule has 0 heterocycles. The number of hydrogen-bond donors (Lipinski definition) is 2. The summed E-state index contributed by atoms with van der Waals surface area (Å²) in [5.41, 5.74) is 0.178. The second kappa shape index (κ2) is 4.30. The Labute approximate surface area is 85.9 Å². The fraction of sp³-hybridized carbons (Fsp3) is 0.909. The molecule has 0 bridgehead atoms. The van der Waals surface area contributed by atoms with E-state index in [9.17, 15) is 4.79 Å². The Morgan fingerprint density at radius 1 is 1.57 bits per heavy atom. The zero-order valence-electron chi connectivity index (χ0n) is 9.34. The molecule has 0 radical (unpaired) electrons. The summed E-state index contributed by atoms with van der Waals surface area (Å²) in [6.07, 6.45) is 3.59. The molecule has 3 nitrogen and oxygen atoms in total. The number of carboxylic acid groups (broad SMARTS) is 1. The zero-order chi connectivity index (χ0) is 10.8. The van der Waals surface area contributed by atoms with E-state index >= 15 is 0 Å². The molecule has 1 fully saturated rings. The van der Waals surface area contributed by atoms with Crippen LogP contribution in [0.1, 0.15) is 46.5 Å². The molecule has 2 N–H and O–H groups in total. The molecule has 14 heavy (non-hydrogen) atoms. The number of carboxylic acids is 1. The largest absolute Gasteiger partial charge is 0.481 e. The first kappa shape index (κ1) is 11.5. The highest BCUT2D eigenvalue weighted by atomic mass is 16.4. The van der Waals surface area contributed by atoms with Gasteiger partial charge in [-0.2, -0.15) is 0 Å². The van der Waals surface area contributed by atoms with Gasteiger partial charge in [-0.05, 0) is 46.0 Å². The van der Waals surface area contributed by atoms with Crippen LogP contribution in [-0.4, -0.2) is 22.7 Å². The minimum atomic E-state index is -0.706. The van der Waals surface area contributed by atoms with E-state index in [-0.39, 0.29) is 12.0 Å². The molecule has 1 unspecified atom stereocenters. The van der Waals surface area contributed by atoms with Gasteiger partial charge in [0.25, 0.3) is 0 Å². The van der Waals surface area contributed by atoms with Gasteiger partial charge in [-0.3, -0.25) is 4.79 Å². The summed E-state index contributed by atoms with van der Waals surface area (Å²) in [7, 11) is 0. The van der Waals surface area contributed by atoms with Gasteiger partial charge in [0.2, 0.25) is 0 Å². The Morgan fingerprint density at radius 3 is 2.57 bits per heavy atom. The molecule has 0 aliphatic heterocycles. The molecule has 1 saturated carbocycles. The lowest BCUT2D eigenvalue weighted by atomic mass is 9.96. The topological polar surface area (TPSA) is 49.3 Å². The number of carbonyl (C=O) groups is 1. The lowest BCUT2D eigenvalue weighted by Gasteiger charge is -2.30. The van der Waals surface area contributed by atoms with Gasteiger partial charge in [0.05, 0.1) is 0 Å². The first-order valence-corrected chi connectivity index (χ1v) is 5.41. The van der Waals surface area contributed by atoms with E-state index in [2.05, 4.69) is 26.1 Å². The van der Waals surface area contributed by atoms with Gasteiger partial charge < -0.3 is 10.4 Å². The first-order valence-electron chi connectivity index (χ1n) is 5.41. The Balaban J connectivity index is 2.24. The third-order valence-corrected chi connectivity index (χ3v) is 3.01. The highest BCUT2D eigenvalue weighted by molar-refractivity contribution is 5.66. The van der Waals surface area contributed by atoms with Crippen molar-refractivity contribution in [2.75, 3.05) is 0 Å². The van der Waals surface area contributed by atoms with Crippen molar-refractivity contribution in [1.29, 1.82) is 0 Å². The third-order valence-electron chi connectivity index (χ3n) is 3.01. The van der Waals surface area contributed by atoms with E-state index < -0.39 is 5.97 Å². The monoisotopic (exact) mass is 199 g/mol. The normalized spacial score (nSPS) is 19.4. The van der Waals surface area contributed by atoms with Crippen LogP contribution in [0.2, 0.25) is 0 Å². The van der Waals surface area contributed by atoms with Crippen LogP contribution in [0, 0.1) is 5.92 Å². The number of nitrogens with one attached hydrogen (secondary N) is 1. The minimum absolute atomic E-state index is 0.178. The number of aliphatic carboxylic acids is 1. The molecule has 1 aliphatic carbocycles. The van der Waals surface area contributed by atoms with Gasteiger partial charge >= 0.3 is 5.97 Å². The van der Waals surface area contributed by atoms with Gasteiger partial charge in [-0.1, -0.05) is 0 Å². The third kappa shape index (κ3) is 3.66. The van der Waals surface area contributed by atoms with Crippen molar-refractivity contribution in [3.63, 3.8) is 0 Å². The van der Waals surface area contributed by atoms with Crippen LogP contribution < -0.4 is 5.32 Å². The van der Waals surface area contributed by atoms with Crippen LogP contribution in [0.25, 0.3) is 0 Å². The SMILES string of the molecule is CC(CCC(=O)O)NC(C)(C)C1CC1. The molecule has 0 aromatic heterocycles. The van der Waals surface area contributed by atoms with Crippen LogP contribution in [0.5, 0.6) is 0 Å². The molecule has 0 aromatic carbocycles. The van der Waals surface area contributed by atoms with Crippen LogP contribution in [-0.2, 0) is 4.79 Å². The predicted molar refractivity (Wildman–Crippen MR) is 56.3 cm³/mol. The Kier molecular flexibility index (Phi) is 3.53. The zero-order valence-corrected chi connectivity index (χ0v) is 9.34. The number of rotatable bonds is 6. The molecule has 1 rings (SSSR count). The van der Waals surface area contributed by atoms with Crippen molar-refractivity contribution in [1.82, 2.24) is 5.32 Å². The molecule has 0 aromatic rings. The van der Waals surface area contributed by atoms with E-state index in [1.807, 2.05) is 0 Å². The van der Waals surface area contributed by atoms with Crippen molar-refractivity contribution >= 4 is 5.97 Å². The summed E-state index contributed by atoms with van der Waals surface area (Å²) in [4.78, 5) is 10.4. The summed E-state index contributed by atoms with van der Waals surface area (Å²) in [6, 6.07) is 0.293. The van der Waals surface area contributed by atoms with Gasteiger partial charge in [0, 0.05) is 18.0 Å². The van der Waals surface area contributed by atoms with Gasteiger partial charge in [-0.15, -0.1) is 0 Å². The van der Waals surface area contributed by atoms with E-state index in [0.29, 0.717) is 12.5 Å². The average molecular weight is 199 g/mol. The van der Waals surface area contributed by atoms with E-state index in [1.165, 1.54) is 12.8 Å². The molecule has 1 atom stereocenters. The summed E-state index contributed by atoms with van der Waals surface area (Å²) in [5, 5.41) is 12.1. The summed E-state index contributed by atoms with van der Waals surface area (Å²) in [6.45, 7) is 6.48. The summed E-state index contributed by atoms with van der Waals surface area (Å²) in [5.74, 6) is 0.0812. The summed E-state index contributed by atoms with van der Waals surface area (Å²) < 4.78 is 0. The van der Waals surface area contributed by atoms with Crippen molar-refractivity contribution in [2.24, 2.45) is 5.92 Å². The molecule has 3 heteroatoms. The van der Waals surface area contributed by atoms with Crippen molar-refractivity contribution in [3.8, 4) is 0 Å². The predicted octanol–water partition coefficient (Wildman–Crippen LogP) is 2.02. The fourth-order valence-electron chi connectivity index (χ4n) is 1.97. The highest BCUT2D eigenvalue weighted by Crippen LogP contribution is 2.39. The lowest BCUT2D eigenvalue weighted by molar-refractivity contribution is -0.137. The van der Waals surface area contributed by atoms with E-state index in [1.54, 1.807) is 0 Å². The highest BCUT2D eigenvalue weighted by Gasteiger charge is 2.38. The standard InChI is InChI=1S/C11H21NO2/c1-8(4-7-10(13)14)12-11(2,3)9-5-6-9/h8-9,12H,4-7H2,1-3H3,(H,13,14). The first-order chi connectivity index (χ1) is 6.42. The van der Waals surface area contributed by atoms with Gasteiger partial charge in [0.15, 0.2) is 0 Å². The Hall–Kier alpha value is -0.570. The molecule has 0 spiro atoms. The smallest absolute Gasteiger partial charge is 0.303 e. The van der Waals surface area contributed by atoms with Crippen molar-refractivity contribution in [2.45, 2.75) is 58.0 Å². The Morgan fingerprint density at radius 2 is 2.14 bits per heavy atom. The van der Waals surface area contributed by atoms with Crippen LogP contribution >= 0.6 is 0 Å². The molecular formula is C11H21NO2. The maximum absolute atomic E-state index is 10.4. The summed E-state index contributed by atoms with van der Waals surface area (Å²) >= 11 is 0. The van der Waals surface area contributed by atoms with Gasteiger partial charge in [0.1, 0.15) is 0 Å². The molecular weight excluding hydrogens is 178 g/mol. The lowest BCUT2D eigenvalue weighted by Crippen LogP contribution is -2.46. The van der Waals surface area contributed by atoms with Crippen molar-refractivity contribution < 1.29 is 9.90 Å². The van der Waals surface area contributed by atoms with E-state index in [0.717, 1.165) is 5.92 Å². The quantitative estimate of drug-likeness (QED) is 0.688. The van der Waals surface area contributed by atoms with Crippen LogP contribution in [0.3, 0.4) is 0 Å². The molecule has 0 saturated heterocycles. The minimum Gasteiger partial charge on any atom is -0.481 e. The molecule has 0 amide bonds. The average Bonchev–Trinajstić information content (AvgIpc) is 2.81. The van der Waals surface area contributed by atoms with Crippen LogP contribution in [0.4, 0.5) is 0 Å². The van der Waals surface area contributed by atoms with Gasteiger partial charge in [-0.25, -0.2) is 0 Å².